The zero-order valence-corrected chi connectivity index (χ0v) is 13.5. The van der Waals surface area contributed by atoms with Gasteiger partial charge in [0.2, 0.25) is 5.91 Å². The molecule has 2 aromatic rings. The number of carbonyl (C=O) groups excluding carboxylic acids is 1. The number of ether oxygens (including phenoxy) is 1. The monoisotopic (exact) mass is 316 g/mol. The minimum atomic E-state index is -0.100. The van der Waals surface area contributed by atoms with Crippen LogP contribution in [-0.2, 0) is 24.1 Å². The summed E-state index contributed by atoms with van der Waals surface area (Å²) < 4.78 is 5.67. The molecule has 1 atom stereocenters. The van der Waals surface area contributed by atoms with Gasteiger partial charge < -0.3 is 10.1 Å². The molecule has 0 bridgehead atoms. The molecule has 3 rings (SSSR count). The number of fused-ring (bicyclic) bond motifs is 1. The number of hydrogen-bond acceptors (Lipinski definition) is 4. The molecule has 5 heteroatoms. The summed E-state index contributed by atoms with van der Waals surface area (Å²) in [5.74, 6) is 0.873. The minimum Gasteiger partial charge on any atom is -0.492 e. The van der Waals surface area contributed by atoms with Crippen molar-refractivity contribution < 1.29 is 9.53 Å². The molecule has 1 aliphatic rings. The fourth-order valence-electron chi connectivity index (χ4n) is 2.58. The molecule has 0 saturated heterocycles. The van der Waals surface area contributed by atoms with Gasteiger partial charge in [0, 0.05) is 18.3 Å². The summed E-state index contributed by atoms with van der Waals surface area (Å²) in [5.41, 5.74) is 2.17. The first-order chi connectivity index (χ1) is 10.8. The molecule has 1 N–H and O–H groups in total. The van der Waals surface area contributed by atoms with Gasteiger partial charge in [0.05, 0.1) is 16.6 Å². The van der Waals surface area contributed by atoms with Crippen LogP contribution in [0.2, 0.25) is 0 Å². The second-order valence-corrected chi connectivity index (χ2v) is 6.39. The van der Waals surface area contributed by atoms with Crippen LogP contribution in [0.1, 0.15) is 23.2 Å². The van der Waals surface area contributed by atoms with E-state index in [-0.39, 0.29) is 11.8 Å². The summed E-state index contributed by atoms with van der Waals surface area (Å²) in [5, 5.41) is 6.23. The van der Waals surface area contributed by atoms with E-state index in [0.717, 1.165) is 41.3 Å². The van der Waals surface area contributed by atoms with E-state index in [4.69, 9.17) is 4.74 Å². The van der Waals surface area contributed by atoms with Crippen molar-refractivity contribution in [1.82, 2.24) is 10.3 Å². The first-order valence-corrected chi connectivity index (χ1v) is 8.56. The van der Waals surface area contributed by atoms with Gasteiger partial charge in [-0.3, -0.25) is 4.79 Å². The number of rotatable bonds is 5. The summed E-state index contributed by atoms with van der Waals surface area (Å²) in [6.45, 7) is 3.19. The standard InChI is InChI=1S/C17H20N2O2S/c1-2-16-19-14(11-22-16)7-8-18-17(20)13-9-12-5-3-4-6-15(12)21-10-13/h3-6,11,13H,2,7-10H2,1H3,(H,18,20)/t13-/m0/s1. The zero-order chi connectivity index (χ0) is 15.4. The van der Waals surface area contributed by atoms with Gasteiger partial charge in [0.25, 0.3) is 0 Å². The lowest BCUT2D eigenvalue weighted by molar-refractivity contribution is -0.126. The van der Waals surface area contributed by atoms with Gasteiger partial charge in [0.15, 0.2) is 0 Å². The Morgan fingerprint density at radius 2 is 2.32 bits per heavy atom. The largest absolute Gasteiger partial charge is 0.492 e. The lowest BCUT2D eigenvalue weighted by Crippen LogP contribution is -2.38. The third-order valence-corrected chi connectivity index (χ3v) is 4.87. The Labute approximate surface area is 134 Å². The molecule has 0 fully saturated rings. The summed E-state index contributed by atoms with van der Waals surface area (Å²) in [6, 6.07) is 7.92. The van der Waals surface area contributed by atoms with Crippen LogP contribution in [0.15, 0.2) is 29.6 Å². The van der Waals surface area contributed by atoms with Crippen LogP contribution in [0.5, 0.6) is 5.75 Å². The number of para-hydroxylation sites is 1. The maximum atomic E-state index is 12.3. The molecule has 1 aromatic heterocycles. The second-order valence-electron chi connectivity index (χ2n) is 5.45. The van der Waals surface area contributed by atoms with Crippen molar-refractivity contribution in [2.75, 3.05) is 13.2 Å². The highest BCUT2D eigenvalue weighted by Gasteiger charge is 2.25. The van der Waals surface area contributed by atoms with E-state index in [1.54, 1.807) is 11.3 Å². The van der Waals surface area contributed by atoms with Crippen molar-refractivity contribution in [2.24, 2.45) is 5.92 Å². The van der Waals surface area contributed by atoms with Crippen LogP contribution in [0, 0.1) is 5.92 Å². The lowest BCUT2D eigenvalue weighted by atomic mass is 9.96. The van der Waals surface area contributed by atoms with E-state index < -0.39 is 0 Å². The first-order valence-electron chi connectivity index (χ1n) is 7.68. The number of thiazole rings is 1. The molecule has 0 saturated carbocycles. The number of nitrogens with zero attached hydrogens (tertiary/aromatic N) is 1. The third kappa shape index (κ3) is 3.47. The quantitative estimate of drug-likeness (QED) is 0.922. The van der Waals surface area contributed by atoms with Crippen molar-refractivity contribution in [3.05, 3.63) is 45.9 Å². The molecule has 1 amide bonds. The van der Waals surface area contributed by atoms with E-state index >= 15 is 0 Å². The van der Waals surface area contributed by atoms with Crippen LogP contribution in [0.25, 0.3) is 0 Å². The van der Waals surface area contributed by atoms with Gasteiger partial charge in [-0.2, -0.15) is 0 Å². The number of aromatic nitrogens is 1. The van der Waals surface area contributed by atoms with Crippen LogP contribution < -0.4 is 10.1 Å². The third-order valence-electron chi connectivity index (χ3n) is 3.83. The number of amides is 1. The maximum absolute atomic E-state index is 12.3. The molecular formula is C17H20N2O2S. The fourth-order valence-corrected chi connectivity index (χ4v) is 3.36. The highest BCUT2D eigenvalue weighted by molar-refractivity contribution is 7.09. The van der Waals surface area contributed by atoms with Crippen molar-refractivity contribution in [3.63, 3.8) is 0 Å². The molecule has 1 aromatic carbocycles. The average Bonchev–Trinajstić information content (AvgIpc) is 3.02. The Morgan fingerprint density at radius 1 is 1.45 bits per heavy atom. The Morgan fingerprint density at radius 3 is 3.14 bits per heavy atom. The number of benzene rings is 1. The Bertz CT molecular complexity index is 654. The molecule has 0 unspecified atom stereocenters. The van der Waals surface area contributed by atoms with E-state index in [9.17, 15) is 4.79 Å². The molecule has 0 aliphatic carbocycles. The molecule has 0 spiro atoms. The lowest BCUT2D eigenvalue weighted by Gasteiger charge is -2.24. The first kappa shape index (κ1) is 15.0. The highest BCUT2D eigenvalue weighted by Crippen LogP contribution is 2.26. The Balaban J connectivity index is 1.48. The summed E-state index contributed by atoms with van der Waals surface area (Å²) >= 11 is 1.68. The Hall–Kier alpha value is -1.88. The van der Waals surface area contributed by atoms with E-state index in [0.29, 0.717) is 13.2 Å². The van der Waals surface area contributed by atoms with E-state index in [1.807, 2.05) is 24.3 Å². The van der Waals surface area contributed by atoms with E-state index in [2.05, 4.69) is 22.6 Å². The predicted octanol–water partition coefficient (Wildman–Crippen LogP) is 2.62. The van der Waals surface area contributed by atoms with Gasteiger partial charge in [-0.25, -0.2) is 4.98 Å². The normalized spacial score (nSPS) is 16.7. The average molecular weight is 316 g/mol. The van der Waals surface area contributed by atoms with E-state index in [1.165, 1.54) is 0 Å². The van der Waals surface area contributed by atoms with Gasteiger partial charge in [0.1, 0.15) is 12.4 Å². The number of carbonyl (C=O) groups is 1. The van der Waals surface area contributed by atoms with Crippen LogP contribution in [0.4, 0.5) is 0 Å². The molecule has 4 nitrogen and oxygen atoms in total. The zero-order valence-electron chi connectivity index (χ0n) is 12.7. The van der Waals surface area contributed by atoms with Crippen LogP contribution in [0.3, 0.4) is 0 Å². The minimum absolute atomic E-state index is 0.0699. The molecular weight excluding hydrogens is 296 g/mol. The van der Waals surface area contributed by atoms with Crippen LogP contribution in [-0.4, -0.2) is 24.0 Å². The topological polar surface area (TPSA) is 51.2 Å². The number of aryl methyl sites for hydroxylation is 1. The smallest absolute Gasteiger partial charge is 0.226 e. The van der Waals surface area contributed by atoms with Crippen LogP contribution >= 0.6 is 11.3 Å². The summed E-state index contributed by atoms with van der Waals surface area (Å²) in [7, 11) is 0. The second kappa shape index (κ2) is 6.92. The summed E-state index contributed by atoms with van der Waals surface area (Å²) in [6.07, 6.45) is 2.50. The molecule has 0 radical (unpaired) electrons. The predicted molar refractivity (Wildman–Crippen MR) is 87.3 cm³/mol. The molecule has 116 valence electrons. The van der Waals surface area contributed by atoms with Gasteiger partial charge in [-0.1, -0.05) is 25.1 Å². The molecule has 2 heterocycles. The SMILES string of the molecule is CCc1nc(CCNC(=O)[C@@H]2COc3ccccc3C2)cs1. The summed E-state index contributed by atoms with van der Waals surface area (Å²) in [4.78, 5) is 16.8. The van der Waals surface area contributed by atoms with Crippen molar-refractivity contribution in [1.29, 1.82) is 0 Å². The van der Waals surface area contributed by atoms with Crippen molar-refractivity contribution in [3.8, 4) is 5.75 Å². The molecule has 22 heavy (non-hydrogen) atoms. The van der Waals surface area contributed by atoms with Gasteiger partial charge >= 0.3 is 0 Å². The number of nitrogens with one attached hydrogen (secondary N) is 1. The fraction of sp³-hybridized carbons (Fsp3) is 0.412. The highest BCUT2D eigenvalue weighted by atomic mass is 32.1. The Kier molecular flexibility index (Phi) is 4.73. The maximum Gasteiger partial charge on any atom is 0.226 e. The molecule has 1 aliphatic heterocycles. The van der Waals surface area contributed by atoms with Gasteiger partial charge in [-0.05, 0) is 24.5 Å². The van der Waals surface area contributed by atoms with Crippen molar-refractivity contribution >= 4 is 17.2 Å². The van der Waals surface area contributed by atoms with Gasteiger partial charge in [-0.15, -0.1) is 11.3 Å². The number of hydrogen-bond donors (Lipinski definition) is 1. The van der Waals surface area contributed by atoms with Crippen molar-refractivity contribution in [2.45, 2.75) is 26.2 Å².